The Morgan fingerprint density at radius 1 is 1.47 bits per heavy atom. The highest BCUT2D eigenvalue weighted by Gasteiger charge is 2.29. The van der Waals surface area contributed by atoms with Crippen LogP contribution in [-0.4, -0.2) is 34.9 Å². The molecule has 15 heavy (non-hydrogen) atoms. The lowest BCUT2D eigenvalue weighted by Crippen LogP contribution is -2.39. The quantitative estimate of drug-likeness (QED) is 0.383. The lowest BCUT2D eigenvalue weighted by atomic mass is 10.0. The van der Waals surface area contributed by atoms with Gasteiger partial charge in [0.05, 0.1) is 0 Å². The first-order valence-corrected chi connectivity index (χ1v) is 4.34. The number of Topliss-reactive ketones (excluding diaryl/α,β-unsaturated/α-hetero) is 1. The van der Waals surface area contributed by atoms with E-state index in [1.165, 1.54) is 13.8 Å². The second-order valence-electron chi connectivity index (χ2n) is 3.38. The number of esters is 1. The van der Waals surface area contributed by atoms with Gasteiger partial charge < -0.3 is 9.84 Å². The molecule has 0 aromatic heterocycles. The molecule has 0 amide bonds. The van der Waals surface area contributed by atoms with Gasteiger partial charge in [0, 0.05) is 0 Å². The smallest absolute Gasteiger partial charge is 0.313 e. The molecule has 1 atom stereocenters. The molecule has 0 saturated carbocycles. The van der Waals surface area contributed by atoms with Crippen molar-refractivity contribution < 1.29 is 24.2 Å². The Balaban J connectivity index is 4.15. The van der Waals surface area contributed by atoms with Crippen LogP contribution in [0.25, 0.3) is 0 Å². The second-order valence-corrected chi connectivity index (χ2v) is 3.38. The fraction of sp³-hybridized carbons (Fsp3) is 0.500. The number of rotatable bonds is 6. The van der Waals surface area contributed by atoms with Crippen LogP contribution < -0.4 is 0 Å². The molecule has 84 valence electrons. The minimum absolute atomic E-state index is 0.338. The molecule has 5 nitrogen and oxygen atoms in total. The lowest BCUT2D eigenvalue weighted by Gasteiger charge is -2.19. The van der Waals surface area contributed by atoms with Crippen molar-refractivity contribution in [3.63, 3.8) is 0 Å². The minimum Gasteiger partial charge on any atom is -0.462 e. The summed E-state index contributed by atoms with van der Waals surface area (Å²) in [7, 11) is 0. The van der Waals surface area contributed by atoms with Gasteiger partial charge in [0.1, 0.15) is 18.8 Å². The van der Waals surface area contributed by atoms with Crippen molar-refractivity contribution >= 4 is 17.5 Å². The van der Waals surface area contributed by atoms with Crippen molar-refractivity contribution in [3.05, 3.63) is 12.7 Å². The monoisotopic (exact) mass is 214 g/mol. The second kappa shape index (κ2) is 5.41. The number of hydrogen-bond acceptors (Lipinski definition) is 5. The standard InChI is InChI=1S/C10H14O5/c1-4-8(12)10(3,14)6-15-9(13)5-7(2)11/h4,14H,1,5-6H2,2-3H3. The van der Waals surface area contributed by atoms with E-state index < -0.39 is 24.0 Å². The van der Waals surface area contributed by atoms with Crippen LogP contribution in [0.4, 0.5) is 0 Å². The van der Waals surface area contributed by atoms with Gasteiger partial charge in [-0.25, -0.2) is 0 Å². The highest BCUT2D eigenvalue weighted by Crippen LogP contribution is 2.07. The Kier molecular flexibility index (Phi) is 4.87. The molecule has 0 radical (unpaired) electrons. The highest BCUT2D eigenvalue weighted by molar-refractivity contribution is 5.97. The number of aliphatic hydroxyl groups is 1. The van der Waals surface area contributed by atoms with E-state index in [0.717, 1.165) is 6.08 Å². The van der Waals surface area contributed by atoms with Gasteiger partial charge in [0.15, 0.2) is 11.4 Å². The molecule has 0 bridgehead atoms. The maximum Gasteiger partial charge on any atom is 0.313 e. The Labute approximate surface area is 87.7 Å². The molecule has 0 fully saturated rings. The van der Waals surface area contributed by atoms with Gasteiger partial charge >= 0.3 is 5.97 Å². The van der Waals surface area contributed by atoms with Crippen molar-refractivity contribution in [2.24, 2.45) is 0 Å². The summed E-state index contributed by atoms with van der Waals surface area (Å²) in [4.78, 5) is 32.5. The molecule has 0 aliphatic carbocycles. The van der Waals surface area contributed by atoms with E-state index in [-0.39, 0.29) is 12.2 Å². The van der Waals surface area contributed by atoms with Crippen LogP contribution in [0.3, 0.4) is 0 Å². The lowest BCUT2D eigenvalue weighted by molar-refractivity contribution is -0.155. The zero-order chi connectivity index (χ0) is 12.1. The van der Waals surface area contributed by atoms with Gasteiger partial charge in [-0.3, -0.25) is 14.4 Å². The van der Waals surface area contributed by atoms with Crippen LogP contribution in [0.15, 0.2) is 12.7 Å². The van der Waals surface area contributed by atoms with E-state index in [1.54, 1.807) is 0 Å². The zero-order valence-electron chi connectivity index (χ0n) is 8.78. The first-order valence-electron chi connectivity index (χ1n) is 4.34. The van der Waals surface area contributed by atoms with Gasteiger partial charge in [0.2, 0.25) is 0 Å². The van der Waals surface area contributed by atoms with Crippen molar-refractivity contribution in [1.82, 2.24) is 0 Å². The van der Waals surface area contributed by atoms with Crippen molar-refractivity contribution in [3.8, 4) is 0 Å². The largest absolute Gasteiger partial charge is 0.462 e. The van der Waals surface area contributed by atoms with E-state index in [4.69, 9.17) is 0 Å². The Morgan fingerprint density at radius 3 is 2.40 bits per heavy atom. The Hall–Kier alpha value is -1.49. The number of ketones is 2. The molecule has 0 aliphatic heterocycles. The van der Waals surface area contributed by atoms with Crippen LogP contribution >= 0.6 is 0 Å². The third-order valence-corrected chi connectivity index (χ3v) is 1.62. The average molecular weight is 214 g/mol. The molecule has 0 aromatic carbocycles. The van der Waals surface area contributed by atoms with E-state index in [2.05, 4.69) is 11.3 Å². The molecule has 0 aromatic rings. The molecule has 0 aliphatic rings. The number of ether oxygens (including phenoxy) is 1. The number of carbonyl (C=O) groups excluding carboxylic acids is 3. The zero-order valence-corrected chi connectivity index (χ0v) is 8.78. The molecule has 0 rings (SSSR count). The summed E-state index contributed by atoms with van der Waals surface area (Å²) in [6, 6.07) is 0. The van der Waals surface area contributed by atoms with Crippen molar-refractivity contribution in [2.45, 2.75) is 25.9 Å². The Bertz CT molecular complexity index is 290. The number of carbonyl (C=O) groups is 3. The van der Waals surface area contributed by atoms with Gasteiger partial charge in [-0.15, -0.1) is 0 Å². The summed E-state index contributed by atoms with van der Waals surface area (Å²) in [6.07, 6.45) is 0.581. The summed E-state index contributed by atoms with van der Waals surface area (Å²) in [5.41, 5.74) is -1.78. The summed E-state index contributed by atoms with van der Waals surface area (Å²) >= 11 is 0. The topological polar surface area (TPSA) is 80.7 Å². The SMILES string of the molecule is C=CC(=O)C(C)(O)COC(=O)CC(C)=O. The molecule has 1 N–H and O–H groups in total. The number of hydrogen-bond donors (Lipinski definition) is 1. The van der Waals surface area contributed by atoms with Gasteiger partial charge in [-0.2, -0.15) is 0 Å². The van der Waals surface area contributed by atoms with Crippen molar-refractivity contribution in [1.29, 1.82) is 0 Å². The van der Waals surface area contributed by atoms with Crippen LogP contribution in [0.5, 0.6) is 0 Å². The van der Waals surface area contributed by atoms with Crippen LogP contribution in [0.1, 0.15) is 20.3 Å². The summed E-state index contributed by atoms with van der Waals surface area (Å²) < 4.78 is 4.56. The molecule has 1 unspecified atom stereocenters. The highest BCUT2D eigenvalue weighted by atomic mass is 16.5. The maximum atomic E-state index is 11.0. The molecule has 0 spiro atoms. The normalized spacial score (nSPS) is 13.8. The first kappa shape index (κ1) is 13.5. The molecule has 0 saturated heterocycles. The van der Waals surface area contributed by atoms with Crippen molar-refractivity contribution in [2.75, 3.05) is 6.61 Å². The molecule has 5 heteroatoms. The predicted octanol–water partition coefficient (Wildman–Crippen LogP) is 0.0148. The predicted molar refractivity (Wildman–Crippen MR) is 52.1 cm³/mol. The Morgan fingerprint density at radius 2 is 2.00 bits per heavy atom. The van der Waals surface area contributed by atoms with Crippen LogP contribution in [0.2, 0.25) is 0 Å². The maximum absolute atomic E-state index is 11.0. The van der Waals surface area contributed by atoms with E-state index >= 15 is 0 Å². The van der Waals surface area contributed by atoms with Gasteiger partial charge in [-0.05, 0) is 19.9 Å². The fourth-order valence-electron chi connectivity index (χ4n) is 0.766. The first-order chi connectivity index (χ1) is 6.79. The third kappa shape index (κ3) is 5.07. The van der Waals surface area contributed by atoms with E-state index in [9.17, 15) is 19.5 Å². The minimum atomic E-state index is -1.78. The van der Waals surface area contributed by atoms with Crippen LogP contribution in [0, 0.1) is 0 Å². The van der Waals surface area contributed by atoms with E-state index in [1.807, 2.05) is 0 Å². The molecule has 0 heterocycles. The van der Waals surface area contributed by atoms with Crippen LogP contribution in [-0.2, 0) is 19.1 Å². The fourth-order valence-corrected chi connectivity index (χ4v) is 0.766. The average Bonchev–Trinajstić information content (AvgIpc) is 2.12. The van der Waals surface area contributed by atoms with E-state index in [0.29, 0.717) is 0 Å². The van der Waals surface area contributed by atoms with Gasteiger partial charge in [0.25, 0.3) is 0 Å². The summed E-state index contributed by atoms with van der Waals surface area (Å²) in [5.74, 6) is -1.74. The summed E-state index contributed by atoms with van der Waals surface area (Å²) in [6.45, 7) is 5.17. The third-order valence-electron chi connectivity index (χ3n) is 1.62. The molecular weight excluding hydrogens is 200 g/mol. The summed E-state index contributed by atoms with van der Waals surface area (Å²) in [5, 5.41) is 9.48. The molecular formula is C10H14O5. The van der Waals surface area contributed by atoms with Gasteiger partial charge in [-0.1, -0.05) is 6.58 Å².